The van der Waals surface area contributed by atoms with Crippen molar-refractivity contribution in [3.63, 3.8) is 0 Å². The minimum atomic E-state index is -4.44. The van der Waals surface area contributed by atoms with Gasteiger partial charge in [0.2, 0.25) is 10.0 Å². The summed E-state index contributed by atoms with van der Waals surface area (Å²) < 4.78 is 65.9. The minimum Gasteiger partial charge on any atom is -0.370 e. The van der Waals surface area contributed by atoms with Crippen LogP contribution in [0.4, 0.5) is 29.5 Å². The van der Waals surface area contributed by atoms with Gasteiger partial charge in [0.15, 0.2) is 0 Å². The first-order valence-corrected chi connectivity index (χ1v) is 13.6. The van der Waals surface area contributed by atoms with Crippen molar-refractivity contribution in [2.24, 2.45) is 11.1 Å². The number of nitrogens with one attached hydrogen (secondary N) is 2. The zero-order chi connectivity index (χ0) is 26.4. The molecule has 0 bridgehead atoms. The fourth-order valence-electron chi connectivity index (χ4n) is 5.57. The van der Waals surface area contributed by atoms with E-state index >= 15 is 0 Å². The Balaban J connectivity index is 1.11. The van der Waals surface area contributed by atoms with E-state index in [0.29, 0.717) is 31.7 Å². The number of urea groups is 1. The van der Waals surface area contributed by atoms with E-state index in [4.69, 9.17) is 5.73 Å². The van der Waals surface area contributed by atoms with Crippen molar-refractivity contribution in [2.75, 3.05) is 36.4 Å². The molecule has 0 unspecified atom stereocenters. The summed E-state index contributed by atoms with van der Waals surface area (Å²) in [5.41, 5.74) is 5.53. The lowest BCUT2D eigenvalue weighted by Crippen LogP contribution is -2.67. The molecule has 5 rings (SSSR count). The molecule has 4 N–H and O–H groups in total. The highest BCUT2D eigenvalue weighted by molar-refractivity contribution is 7.89. The minimum absolute atomic E-state index is 0.0823. The number of primary amides is 1. The summed E-state index contributed by atoms with van der Waals surface area (Å²) in [4.78, 5) is 17.2. The Morgan fingerprint density at radius 1 is 1.03 bits per heavy atom. The van der Waals surface area contributed by atoms with E-state index in [9.17, 15) is 26.4 Å². The lowest BCUT2D eigenvalue weighted by molar-refractivity contribution is -0.137. The molecule has 2 amide bonds. The number of amides is 2. The maximum Gasteiger partial charge on any atom is 0.417 e. The molecule has 200 valence electrons. The second-order valence-corrected chi connectivity index (χ2v) is 12.2. The van der Waals surface area contributed by atoms with Gasteiger partial charge in [0.1, 0.15) is 5.82 Å². The highest BCUT2D eigenvalue weighted by Crippen LogP contribution is 2.49. The third-order valence-electron chi connectivity index (χ3n) is 7.49. The van der Waals surface area contributed by atoms with Gasteiger partial charge >= 0.3 is 12.2 Å². The average Bonchev–Trinajstić information content (AvgIpc) is 2.80. The molecular formula is C24H29F3N6O3S. The molecule has 13 heteroatoms. The zero-order valence-corrected chi connectivity index (χ0v) is 20.9. The van der Waals surface area contributed by atoms with Crippen LogP contribution in [0.1, 0.15) is 31.2 Å². The lowest BCUT2D eigenvalue weighted by atomic mass is 9.60. The van der Waals surface area contributed by atoms with Crippen molar-refractivity contribution in [1.29, 1.82) is 0 Å². The number of aromatic nitrogens is 1. The maximum absolute atomic E-state index is 13.2. The first kappa shape index (κ1) is 25.6. The molecule has 2 saturated heterocycles. The number of hydrogen-bond donors (Lipinski definition) is 3. The van der Waals surface area contributed by atoms with Crippen LogP contribution in [0, 0.1) is 5.41 Å². The number of sulfonamides is 1. The number of nitrogens with two attached hydrogens (primary N) is 1. The van der Waals surface area contributed by atoms with Crippen molar-refractivity contribution < 1.29 is 26.4 Å². The van der Waals surface area contributed by atoms with Gasteiger partial charge in [-0.3, -0.25) is 0 Å². The highest BCUT2D eigenvalue weighted by Gasteiger charge is 2.52. The fourth-order valence-corrected chi connectivity index (χ4v) is 7.04. The average molecular weight is 539 g/mol. The van der Waals surface area contributed by atoms with Gasteiger partial charge in [-0.15, -0.1) is 0 Å². The summed E-state index contributed by atoms with van der Waals surface area (Å²) in [5.74, 6) is 0.333. The molecule has 3 fully saturated rings. The molecule has 37 heavy (non-hydrogen) atoms. The summed E-state index contributed by atoms with van der Waals surface area (Å²) in [7, 11) is -3.65. The van der Waals surface area contributed by atoms with Gasteiger partial charge in [-0.1, -0.05) is 0 Å². The molecule has 3 heterocycles. The number of carbonyl (C=O) groups excluding carboxylic acids is 1. The second kappa shape index (κ2) is 9.35. The Kier molecular flexibility index (Phi) is 6.47. The van der Waals surface area contributed by atoms with Crippen molar-refractivity contribution in [3.05, 3.63) is 48.2 Å². The molecule has 0 atom stereocenters. The van der Waals surface area contributed by atoms with E-state index in [1.165, 1.54) is 10.4 Å². The predicted molar refractivity (Wildman–Crippen MR) is 131 cm³/mol. The van der Waals surface area contributed by atoms with Crippen LogP contribution < -0.4 is 21.3 Å². The Morgan fingerprint density at radius 3 is 2.22 bits per heavy atom. The van der Waals surface area contributed by atoms with Gasteiger partial charge in [-0.25, -0.2) is 18.2 Å². The molecule has 3 aliphatic rings. The van der Waals surface area contributed by atoms with Crippen LogP contribution in [0.15, 0.2) is 47.5 Å². The van der Waals surface area contributed by atoms with E-state index in [2.05, 4.69) is 20.5 Å². The molecular weight excluding hydrogens is 509 g/mol. The number of halogens is 3. The van der Waals surface area contributed by atoms with E-state index in [1.807, 2.05) is 12.1 Å². The Morgan fingerprint density at radius 2 is 1.68 bits per heavy atom. The lowest BCUT2D eigenvalue weighted by Gasteiger charge is -2.59. The van der Waals surface area contributed by atoms with Crippen LogP contribution in [-0.4, -0.2) is 62.0 Å². The van der Waals surface area contributed by atoms with Gasteiger partial charge < -0.3 is 21.3 Å². The quantitative estimate of drug-likeness (QED) is 0.520. The molecule has 1 aromatic carbocycles. The third kappa shape index (κ3) is 5.33. The summed E-state index contributed by atoms with van der Waals surface area (Å²) in [6.07, 6.45) is -0.818. The van der Waals surface area contributed by atoms with Crippen LogP contribution >= 0.6 is 0 Å². The van der Waals surface area contributed by atoms with Gasteiger partial charge in [-0.2, -0.15) is 17.5 Å². The number of nitrogens with zero attached hydrogens (tertiary/aromatic N) is 3. The standard InChI is InChI=1S/C24H29F3N6O3S/c25-24(26,27)16-1-6-21(29-13-16)30-17-7-9-33(10-8-17)37(35,36)20-4-2-19(3-5-20)32-14-23(15-32)11-18(12-23)31-22(28)34/h1-6,13,17-18H,7-12,14-15H2,(H,29,30)(H3,28,31,34). The van der Waals surface area contributed by atoms with Gasteiger partial charge in [-0.05, 0) is 62.1 Å². The zero-order valence-electron chi connectivity index (χ0n) is 20.0. The van der Waals surface area contributed by atoms with E-state index in [0.717, 1.165) is 43.9 Å². The van der Waals surface area contributed by atoms with Crippen LogP contribution in [0.3, 0.4) is 0 Å². The van der Waals surface area contributed by atoms with E-state index in [1.54, 1.807) is 12.1 Å². The number of carbonyl (C=O) groups is 1. The maximum atomic E-state index is 13.2. The van der Waals surface area contributed by atoms with Crippen molar-refractivity contribution in [3.8, 4) is 0 Å². The Hall–Kier alpha value is -3.06. The summed E-state index contributed by atoms with van der Waals surface area (Å²) >= 11 is 0. The molecule has 2 aromatic rings. The normalized spacial score (nSPS) is 20.8. The SMILES string of the molecule is NC(=O)NC1CC2(C1)CN(c1ccc(S(=O)(=O)N3CCC(Nc4ccc(C(F)(F)F)cn4)CC3)cc1)C2. The summed E-state index contributed by atoms with van der Waals surface area (Å²) in [6.45, 7) is 2.34. The number of benzene rings is 1. The second-order valence-electron chi connectivity index (χ2n) is 10.2. The van der Waals surface area contributed by atoms with Crippen molar-refractivity contribution in [1.82, 2.24) is 14.6 Å². The largest absolute Gasteiger partial charge is 0.417 e. The summed E-state index contributed by atoms with van der Waals surface area (Å²) in [6, 6.07) is 8.72. The third-order valence-corrected chi connectivity index (χ3v) is 9.41. The Bertz CT molecular complexity index is 1230. The number of hydrogen-bond acceptors (Lipinski definition) is 6. The number of rotatable bonds is 6. The number of pyridine rings is 1. The molecule has 1 aromatic heterocycles. The fraction of sp³-hybridized carbons (Fsp3) is 0.500. The van der Waals surface area contributed by atoms with Crippen molar-refractivity contribution in [2.45, 2.75) is 48.8 Å². The van der Waals surface area contributed by atoms with E-state index in [-0.39, 0.29) is 22.4 Å². The van der Waals surface area contributed by atoms with Crippen LogP contribution in [0.25, 0.3) is 0 Å². The smallest absolute Gasteiger partial charge is 0.370 e. The number of piperidine rings is 1. The molecule has 2 aliphatic heterocycles. The van der Waals surface area contributed by atoms with Gasteiger partial charge in [0.25, 0.3) is 0 Å². The monoisotopic (exact) mass is 538 g/mol. The van der Waals surface area contributed by atoms with Gasteiger partial charge in [0.05, 0.1) is 10.5 Å². The predicted octanol–water partition coefficient (Wildman–Crippen LogP) is 3.00. The number of alkyl halides is 3. The first-order valence-electron chi connectivity index (χ1n) is 12.1. The first-order chi connectivity index (χ1) is 17.4. The topological polar surface area (TPSA) is 121 Å². The van der Waals surface area contributed by atoms with Crippen LogP contribution in [0.5, 0.6) is 0 Å². The summed E-state index contributed by atoms with van der Waals surface area (Å²) in [5, 5.41) is 5.84. The Labute approximate surface area is 213 Å². The number of anilines is 2. The molecule has 9 nitrogen and oxygen atoms in total. The molecule has 1 spiro atoms. The molecule has 0 radical (unpaired) electrons. The van der Waals surface area contributed by atoms with E-state index < -0.39 is 27.8 Å². The molecule has 1 aliphatic carbocycles. The van der Waals surface area contributed by atoms with Crippen LogP contribution in [-0.2, 0) is 16.2 Å². The van der Waals surface area contributed by atoms with Gasteiger partial charge in [0, 0.05) is 55.6 Å². The van der Waals surface area contributed by atoms with Crippen molar-refractivity contribution >= 4 is 27.6 Å². The molecule has 1 saturated carbocycles. The highest BCUT2D eigenvalue weighted by atomic mass is 32.2. The van der Waals surface area contributed by atoms with Crippen LogP contribution in [0.2, 0.25) is 0 Å².